The highest BCUT2D eigenvalue weighted by molar-refractivity contribution is 8.13. The van der Waals surface area contributed by atoms with Gasteiger partial charge < -0.3 is 5.32 Å². The standard InChI is InChI=1S/C13H22N2S/c1-9-7-16-12(15-10(9)2)14-8-13(5-6-13)11-3-4-11/h9-11H,3-8H2,1-2H3,(H,14,15). The minimum atomic E-state index is 0.594. The predicted molar refractivity (Wildman–Crippen MR) is 70.9 cm³/mol. The molecular formula is C13H22N2S. The van der Waals surface area contributed by atoms with E-state index in [0.29, 0.717) is 11.5 Å². The van der Waals surface area contributed by atoms with Crippen molar-refractivity contribution in [3.63, 3.8) is 0 Å². The molecule has 3 aliphatic rings. The molecule has 1 N–H and O–H groups in total. The van der Waals surface area contributed by atoms with E-state index in [4.69, 9.17) is 4.99 Å². The van der Waals surface area contributed by atoms with Crippen molar-refractivity contribution in [2.75, 3.05) is 12.3 Å². The van der Waals surface area contributed by atoms with E-state index < -0.39 is 0 Å². The molecule has 0 aromatic rings. The lowest BCUT2D eigenvalue weighted by Gasteiger charge is -2.28. The Labute approximate surface area is 103 Å². The Bertz CT molecular complexity index is 305. The third-order valence-electron chi connectivity index (χ3n) is 4.56. The second-order valence-corrected chi connectivity index (χ2v) is 6.99. The average molecular weight is 238 g/mol. The molecule has 2 aliphatic carbocycles. The molecule has 2 nitrogen and oxygen atoms in total. The van der Waals surface area contributed by atoms with Gasteiger partial charge in [-0.3, -0.25) is 4.99 Å². The molecule has 2 atom stereocenters. The monoisotopic (exact) mass is 238 g/mol. The Hall–Kier alpha value is -0.180. The summed E-state index contributed by atoms with van der Waals surface area (Å²) < 4.78 is 0. The molecule has 1 heterocycles. The molecule has 0 aromatic carbocycles. The molecule has 2 unspecified atom stereocenters. The molecular weight excluding hydrogens is 216 g/mol. The van der Waals surface area contributed by atoms with E-state index in [9.17, 15) is 0 Å². The molecule has 0 bridgehead atoms. The summed E-state index contributed by atoms with van der Waals surface area (Å²) in [4.78, 5) is 4.83. The van der Waals surface area contributed by atoms with Gasteiger partial charge in [0, 0.05) is 18.3 Å². The molecule has 3 rings (SSSR count). The highest BCUT2D eigenvalue weighted by atomic mass is 32.2. The lowest BCUT2D eigenvalue weighted by Crippen LogP contribution is -2.41. The number of nitrogens with one attached hydrogen (secondary N) is 1. The van der Waals surface area contributed by atoms with E-state index >= 15 is 0 Å². The first-order valence-corrected chi connectivity index (χ1v) is 7.62. The van der Waals surface area contributed by atoms with E-state index in [1.165, 1.54) is 36.6 Å². The SMILES string of the molecule is CC1CSC(=NCC2(C3CC3)CC2)NC1C. The minimum absolute atomic E-state index is 0.594. The van der Waals surface area contributed by atoms with E-state index in [1.807, 2.05) is 11.8 Å². The van der Waals surface area contributed by atoms with Crippen LogP contribution in [0.4, 0.5) is 0 Å². The number of nitrogens with zero attached hydrogens (tertiary/aromatic N) is 1. The summed E-state index contributed by atoms with van der Waals surface area (Å²) in [6, 6.07) is 0.594. The van der Waals surface area contributed by atoms with Gasteiger partial charge in [-0.15, -0.1) is 0 Å². The van der Waals surface area contributed by atoms with Crippen LogP contribution in [0.25, 0.3) is 0 Å². The van der Waals surface area contributed by atoms with Gasteiger partial charge in [-0.1, -0.05) is 18.7 Å². The van der Waals surface area contributed by atoms with Crippen molar-refractivity contribution in [2.24, 2.45) is 22.2 Å². The van der Waals surface area contributed by atoms with E-state index in [0.717, 1.165) is 18.4 Å². The van der Waals surface area contributed by atoms with Gasteiger partial charge in [0.05, 0.1) is 0 Å². The fourth-order valence-electron chi connectivity index (χ4n) is 2.61. The molecule has 1 saturated heterocycles. The highest BCUT2D eigenvalue weighted by Gasteiger charge is 2.53. The smallest absolute Gasteiger partial charge is 0.156 e. The van der Waals surface area contributed by atoms with Crippen LogP contribution in [0.5, 0.6) is 0 Å². The summed E-state index contributed by atoms with van der Waals surface area (Å²) in [7, 11) is 0. The van der Waals surface area contributed by atoms with Crippen molar-refractivity contribution in [1.82, 2.24) is 5.32 Å². The van der Waals surface area contributed by atoms with Crippen LogP contribution in [0.1, 0.15) is 39.5 Å². The van der Waals surface area contributed by atoms with Crippen LogP contribution < -0.4 is 5.32 Å². The maximum atomic E-state index is 4.83. The van der Waals surface area contributed by atoms with Gasteiger partial charge in [0.25, 0.3) is 0 Å². The van der Waals surface area contributed by atoms with Crippen LogP contribution in [0.15, 0.2) is 4.99 Å². The topological polar surface area (TPSA) is 24.4 Å². The zero-order valence-corrected chi connectivity index (χ0v) is 11.1. The number of hydrogen-bond donors (Lipinski definition) is 1. The molecule has 0 radical (unpaired) electrons. The Kier molecular flexibility index (Phi) is 2.69. The fraction of sp³-hybridized carbons (Fsp3) is 0.923. The van der Waals surface area contributed by atoms with Crippen molar-refractivity contribution in [3.05, 3.63) is 0 Å². The van der Waals surface area contributed by atoms with Crippen LogP contribution >= 0.6 is 11.8 Å². The number of amidine groups is 1. The first-order chi connectivity index (χ1) is 7.70. The van der Waals surface area contributed by atoms with Crippen molar-refractivity contribution in [2.45, 2.75) is 45.6 Å². The van der Waals surface area contributed by atoms with Gasteiger partial charge in [0.1, 0.15) is 0 Å². The normalized spacial score (nSPS) is 39.5. The predicted octanol–water partition coefficient (Wildman–Crippen LogP) is 2.89. The van der Waals surface area contributed by atoms with Crippen LogP contribution in [-0.2, 0) is 0 Å². The average Bonchev–Trinajstić information content (AvgIpc) is 3.13. The molecule has 1 aliphatic heterocycles. The first-order valence-electron chi connectivity index (χ1n) is 6.63. The largest absolute Gasteiger partial charge is 0.362 e. The lowest BCUT2D eigenvalue weighted by atomic mass is 10.0. The minimum Gasteiger partial charge on any atom is -0.362 e. The first kappa shape index (κ1) is 10.9. The van der Waals surface area contributed by atoms with Crippen molar-refractivity contribution in [3.8, 4) is 0 Å². The molecule has 0 amide bonds. The quantitative estimate of drug-likeness (QED) is 0.817. The Morgan fingerprint density at radius 3 is 2.69 bits per heavy atom. The molecule has 16 heavy (non-hydrogen) atoms. The summed E-state index contributed by atoms with van der Waals surface area (Å²) in [6.07, 6.45) is 5.81. The van der Waals surface area contributed by atoms with E-state index in [1.54, 1.807) is 0 Å². The molecule has 90 valence electrons. The second kappa shape index (κ2) is 3.94. The Balaban J connectivity index is 1.56. The summed E-state index contributed by atoms with van der Waals surface area (Å²) in [5, 5.41) is 4.74. The number of thioether (sulfide) groups is 1. The summed E-state index contributed by atoms with van der Waals surface area (Å²) in [6.45, 7) is 5.68. The van der Waals surface area contributed by atoms with Gasteiger partial charge in [-0.25, -0.2) is 0 Å². The van der Waals surface area contributed by atoms with Gasteiger partial charge >= 0.3 is 0 Å². The number of hydrogen-bond acceptors (Lipinski definition) is 2. The van der Waals surface area contributed by atoms with Crippen molar-refractivity contribution < 1.29 is 0 Å². The zero-order valence-electron chi connectivity index (χ0n) is 10.3. The summed E-state index contributed by atoms with van der Waals surface area (Å²) in [5.74, 6) is 3.02. The zero-order chi connectivity index (χ0) is 11.2. The Morgan fingerprint density at radius 2 is 2.12 bits per heavy atom. The van der Waals surface area contributed by atoms with Crippen LogP contribution in [-0.4, -0.2) is 23.5 Å². The second-order valence-electron chi connectivity index (χ2n) is 5.98. The maximum absolute atomic E-state index is 4.83. The number of rotatable bonds is 3. The third kappa shape index (κ3) is 2.11. The maximum Gasteiger partial charge on any atom is 0.156 e. The molecule has 3 heteroatoms. The highest BCUT2D eigenvalue weighted by Crippen LogP contribution is 2.61. The third-order valence-corrected chi connectivity index (χ3v) is 5.77. The van der Waals surface area contributed by atoms with E-state index in [2.05, 4.69) is 19.2 Å². The summed E-state index contributed by atoms with van der Waals surface area (Å²) >= 11 is 1.91. The molecule has 2 saturated carbocycles. The van der Waals surface area contributed by atoms with Gasteiger partial charge in [0.15, 0.2) is 5.17 Å². The van der Waals surface area contributed by atoms with Crippen LogP contribution in [0, 0.1) is 17.3 Å². The molecule has 0 spiro atoms. The van der Waals surface area contributed by atoms with Crippen molar-refractivity contribution >= 4 is 16.9 Å². The van der Waals surface area contributed by atoms with Crippen LogP contribution in [0.2, 0.25) is 0 Å². The fourth-order valence-corrected chi connectivity index (χ4v) is 3.74. The van der Waals surface area contributed by atoms with Crippen LogP contribution in [0.3, 0.4) is 0 Å². The lowest BCUT2D eigenvalue weighted by molar-refractivity contribution is 0.450. The van der Waals surface area contributed by atoms with Gasteiger partial charge in [-0.05, 0) is 49.9 Å². The van der Waals surface area contributed by atoms with Gasteiger partial charge in [-0.2, -0.15) is 0 Å². The Morgan fingerprint density at radius 1 is 1.38 bits per heavy atom. The molecule has 0 aromatic heterocycles. The van der Waals surface area contributed by atoms with Gasteiger partial charge in [0.2, 0.25) is 0 Å². The summed E-state index contributed by atoms with van der Waals surface area (Å²) in [5.41, 5.74) is 0.654. The van der Waals surface area contributed by atoms with E-state index in [-0.39, 0.29) is 0 Å². The molecule has 3 fully saturated rings. The number of aliphatic imine (C=N–C) groups is 1. The van der Waals surface area contributed by atoms with Crippen molar-refractivity contribution in [1.29, 1.82) is 0 Å².